The van der Waals surface area contributed by atoms with E-state index in [1.165, 1.54) is 12.6 Å². The molecule has 0 heterocycles. The van der Waals surface area contributed by atoms with Crippen LogP contribution in [0.25, 0.3) is 0 Å². The fourth-order valence-corrected chi connectivity index (χ4v) is 5.46. The lowest BCUT2D eigenvalue weighted by Crippen LogP contribution is -2.51. The van der Waals surface area contributed by atoms with E-state index in [1.54, 1.807) is 0 Å². The molecule has 90 valence electrons. The summed E-state index contributed by atoms with van der Waals surface area (Å²) in [6.07, 6.45) is 0. The van der Waals surface area contributed by atoms with Crippen LogP contribution in [0, 0.1) is 0 Å². The van der Waals surface area contributed by atoms with Crippen molar-refractivity contribution >= 4 is 16.3 Å². The molecule has 1 nitrogen and oxygen atoms in total. The molecule has 0 radical (unpaired) electrons. The quantitative estimate of drug-likeness (QED) is 0.638. The molecule has 0 aromatic carbocycles. The smallest absolute Gasteiger partial charge is 0.119 e. The van der Waals surface area contributed by atoms with Crippen LogP contribution >= 0.6 is 0 Å². The summed E-state index contributed by atoms with van der Waals surface area (Å²) in [4.78, 5) is 0. The first-order valence-electron chi connectivity index (χ1n) is 6.00. The molecule has 0 unspecified atom stereocenters. The zero-order chi connectivity index (χ0) is 12.3. The molecule has 0 aromatic heterocycles. The van der Waals surface area contributed by atoms with Gasteiger partial charge in [-0.1, -0.05) is 46.6 Å². The molecule has 0 aliphatic rings. The Balaban J connectivity index is 4.40. The molecule has 0 fully saturated rings. The Labute approximate surface area is 98.7 Å². The van der Waals surface area contributed by atoms with Gasteiger partial charge in [-0.05, 0) is 18.6 Å². The third-order valence-corrected chi connectivity index (χ3v) is 8.12. The van der Waals surface area contributed by atoms with Gasteiger partial charge in [0, 0.05) is 0 Å². The highest BCUT2D eigenvalue weighted by molar-refractivity contribution is 6.82. The van der Waals surface area contributed by atoms with Gasteiger partial charge in [-0.15, -0.1) is 12.3 Å². The first-order valence-corrected chi connectivity index (χ1v) is 12.7. The lowest BCUT2D eigenvalue weighted by molar-refractivity contribution is 0.370. The molecule has 0 atom stereocenters. The van der Waals surface area contributed by atoms with Gasteiger partial charge in [-0.2, -0.15) is 0 Å². The first kappa shape index (κ1) is 15.1. The number of nitrogens with zero attached hydrogens (tertiary/aromatic N) is 1. The minimum absolute atomic E-state index is 0.686. The maximum absolute atomic E-state index is 3.97. The van der Waals surface area contributed by atoms with E-state index in [-0.39, 0.29) is 0 Å². The monoisotopic (exact) mass is 243 g/mol. The minimum Gasteiger partial charge on any atom is -0.322 e. The average molecular weight is 244 g/mol. The maximum atomic E-state index is 3.97. The summed E-state index contributed by atoms with van der Waals surface area (Å²) in [6, 6.07) is 2.03. The lowest BCUT2D eigenvalue weighted by Gasteiger charge is -2.39. The normalized spacial score (nSPS) is 13.7. The predicted octanol–water partition coefficient (Wildman–Crippen LogP) is 3.97. The van der Waals surface area contributed by atoms with Gasteiger partial charge in [0.2, 0.25) is 0 Å². The van der Waals surface area contributed by atoms with Gasteiger partial charge in [-0.3, -0.25) is 0 Å². The lowest BCUT2D eigenvalue weighted by atomic mass is 10.4. The van der Waals surface area contributed by atoms with Crippen LogP contribution in [0.5, 0.6) is 0 Å². The Kier molecular flexibility index (Phi) is 5.51. The second-order valence-electron chi connectivity index (χ2n) is 6.40. The highest BCUT2D eigenvalue weighted by Gasteiger charge is 2.27. The third kappa shape index (κ3) is 5.68. The van der Waals surface area contributed by atoms with E-state index in [0.29, 0.717) is 6.04 Å². The van der Waals surface area contributed by atoms with E-state index in [4.69, 9.17) is 0 Å². The molecular weight excluding hydrogens is 214 g/mol. The topological polar surface area (TPSA) is 3.24 Å². The van der Waals surface area contributed by atoms with Crippen LogP contribution in [0.4, 0.5) is 0 Å². The van der Waals surface area contributed by atoms with Gasteiger partial charge in [-0.25, -0.2) is 0 Å². The fourth-order valence-electron chi connectivity index (χ4n) is 1.88. The van der Waals surface area contributed by atoms with Crippen molar-refractivity contribution in [1.29, 1.82) is 0 Å². The Morgan fingerprint density at radius 3 is 1.87 bits per heavy atom. The van der Waals surface area contributed by atoms with Crippen LogP contribution < -0.4 is 0 Å². The van der Waals surface area contributed by atoms with Crippen molar-refractivity contribution < 1.29 is 0 Å². The Morgan fingerprint density at radius 1 is 1.13 bits per heavy atom. The number of rotatable bonds is 6. The summed E-state index contributed by atoms with van der Waals surface area (Å²) >= 11 is 0. The molecular formula is C12H29NSi2. The van der Waals surface area contributed by atoms with Crippen LogP contribution in [-0.4, -0.2) is 33.5 Å². The van der Waals surface area contributed by atoms with E-state index in [9.17, 15) is 0 Å². The molecule has 0 aromatic rings. The Morgan fingerprint density at radius 2 is 1.60 bits per heavy atom. The molecule has 0 bridgehead atoms. The number of hydrogen-bond acceptors (Lipinski definition) is 1. The molecule has 0 N–H and O–H groups in total. The van der Waals surface area contributed by atoms with Crippen molar-refractivity contribution in [3.63, 3.8) is 0 Å². The molecule has 0 spiro atoms. The van der Waals surface area contributed by atoms with Gasteiger partial charge in [0.1, 0.15) is 8.24 Å². The van der Waals surface area contributed by atoms with Crippen molar-refractivity contribution in [2.24, 2.45) is 0 Å². The third-order valence-electron chi connectivity index (χ3n) is 3.03. The second kappa shape index (κ2) is 5.46. The van der Waals surface area contributed by atoms with E-state index in [0.717, 1.165) is 0 Å². The van der Waals surface area contributed by atoms with Crippen LogP contribution in [0.15, 0.2) is 12.3 Å². The summed E-state index contributed by atoms with van der Waals surface area (Å²) < 4.78 is 2.73. The molecule has 0 saturated carbocycles. The highest BCUT2D eigenvalue weighted by Crippen LogP contribution is 2.18. The van der Waals surface area contributed by atoms with Gasteiger partial charge in [0.25, 0.3) is 0 Å². The SMILES string of the molecule is C=C[Si](C)(C)CCN(C(C)C)[Si](C)(C)C. The predicted molar refractivity (Wildman–Crippen MR) is 77.7 cm³/mol. The zero-order valence-electron chi connectivity index (χ0n) is 11.7. The maximum Gasteiger partial charge on any atom is 0.119 e. The van der Waals surface area contributed by atoms with E-state index in [1.807, 2.05) is 0 Å². The largest absolute Gasteiger partial charge is 0.322 e. The number of hydrogen-bond donors (Lipinski definition) is 0. The Bertz CT molecular complexity index is 204. The average Bonchev–Trinajstić information content (AvgIpc) is 2.01. The zero-order valence-corrected chi connectivity index (χ0v) is 13.7. The second-order valence-corrected chi connectivity index (χ2v) is 16.2. The van der Waals surface area contributed by atoms with Crippen molar-refractivity contribution in [3.05, 3.63) is 12.3 Å². The Hall–Kier alpha value is 0.134. The van der Waals surface area contributed by atoms with Crippen LogP contribution in [0.1, 0.15) is 13.8 Å². The van der Waals surface area contributed by atoms with Crippen molar-refractivity contribution in [2.45, 2.75) is 58.7 Å². The van der Waals surface area contributed by atoms with E-state index < -0.39 is 16.3 Å². The summed E-state index contributed by atoms with van der Waals surface area (Å²) in [5, 5.41) is 0. The van der Waals surface area contributed by atoms with Crippen molar-refractivity contribution in [2.75, 3.05) is 6.54 Å². The van der Waals surface area contributed by atoms with Crippen molar-refractivity contribution in [3.8, 4) is 0 Å². The highest BCUT2D eigenvalue weighted by atomic mass is 28.3. The minimum atomic E-state index is -1.14. The molecule has 0 aliphatic carbocycles. The first-order chi connectivity index (χ1) is 6.60. The molecule has 0 saturated heterocycles. The van der Waals surface area contributed by atoms with E-state index in [2.05, 4.69) is 63.4 Å². The van der Waals surface area contributed by atoms with Crippen LogP contribution in [-0.2, 0) is 0 Å². The van der Waals surface area contributed by atoms with Gasteiger partial charge in [0.05, 0.1) is 8.07 Å². The van der Waals surface area contributed by atoms with Gasteiger partial charge in [0.15, 0.2) is 0 Å². The van der Waals surface area contributed by atoms with Crippen molar-refractivity contribution in [1.82, 2.24) is 4.57 Å². The molecule has 0 rings (SSSR count). The molecule has 0 amide bonds. The van der Waals surface area contributed by atoms with Gasteiger partial charge >= 0.3 is 0 Å². The molecule has 0 aliphatic heterocycles. The summed E-state index contributed by atoms with van der Waals surface area (Å²) in [5.41, 5.74) is 2.22. The van der Waals surface area contributed by atoms with Crippen LogP contribution in [0.2, 0.25) is 38.8 Å². The van der Waals surface area contributed by atoms with E-state index >= 15 is 0 Å². The standard InChI is InChI=1S/C12H29NSi2/c1-9-15(7,8)11-10-13(12(2)3)14(4,5)6/h9,12H,1,10-11H2,2-8H3. The summed E-state index contributed by atoms with van der Waals surface area (Å²) in [6.45, 7) is 22.0. The molecule has 3 heteroatoms. The summed E-state index contributed by atoms with van der Waals surface area (Å²) in [5.74, 6) is 0. The van der Waals surface area contributed by atoms with Gasteiger partial charge < -0.3 is 4.57 Å². The fraction of sp³-hybridized carbons (Fsp3) is 0.833. The molecule has 15 heavy (non-hydrogen) atoms. The van der Waals surface area contributed by atoms with Crippen LogP contribution in [0.3, 0.4) is 0 Å². The summed E-state index contributed by atoms with van der Waals surface area (Å²) in [7, 11) is -2.26.